The minimum Gasteiger partial charge on any atom is -0.364 e. The highest BCUT2D eigenvalue weighted by molar-refractivity contribution is 5.68. The van der Waals surface area contributed by atoms with Gasteiger partial charge in [-0.15, -0.1) is 0 Å². The number of rotatable bonds is 6. The number of imidazole rings is 1. The lowest BCUT2D eigenvalue weighted by Crippen LogP contribution is -2.27. The number of nitriles is 1. The molecule has 3 aromatic heterocycles. The molecule has 0 saturated carbocycles. The van der Waals surface area contributed by atoms with E-state index < -0.39 is 0 Å². The van der Waals surface area contributed by atoms with Crippen LogP contribution in [0.2, 0.25) is 0 Å². The van der Waals surface area contributed by atoms with E-state index in [1.807, 2.05) is 4.52 Å². The van der Waals surface area contributed by atoms with Crippen LogP contribution in [0.5, 0.6) is 0 Å². The number of pyridine rings is 1. The molecule has 0 atom stereocenters. The highest BCUT2D eigenvalue weighted by Crippen LogP contribution is 2.26. The Morgan fingerprint density at radius 2 is 1.88 bits per heavy atom. The lowest BCUT2D eigenvalue weighted by molar-refractivity contribution is 0.449. The number of anilines is 1. The Morgan fingerprint density at radius 3 is 2.62 bits per heavy atom. The zero-order valence-electron chi connectivity index (χ0n) is 19.1. The quantitative estimate of drug-likeness (QED) is 0.447. The van der Waals surface area contributed by atoms with E-state index in [4.69, 9.17) is 10.1 Å². The molecule has 7 nitrogen and oxygen atoms in total. The summed E-state index contributed by atoms with van der Waals surface area (Å²) < 4.78 is 15.3. The average molecular weight is 456 g/mol. The first-order chi connectivity index (χ1) is 16.7. The predicted octanol–water partition coefficient (Wildman–Crippen LogP) is 4.44. The van der Waals surface area contributed by atoms with Gasteiger partial charge in [0.1, 0.15) is 17.7 Å². The number of hydrogen-bond donors (Lipinski definition) is 2. The van der Waals surface area contributed by atoms with Crippen molar-refractivity contribution in [2.24, 2.45) is 0 Å². The summed E-state index contributed by atoms with van der Waals surface area (Å²) in [5.74, 6) is 0.759. The number of nitrogens with one attached hydrogen (secondary N) is 2. The van der Waals surface area contributed by atoms with Crippen LogP contribution >= 0.6 is 0 Å². The second-order valence-corrected chi connectivity index (χ2v) is 8.48. The first-order valence-corrected chi connectivity index (χ1v) is 11.7. The Balaban J connectivity index is 1.44. The van der Waals surface area contributed by atoms with Crippen LogP contribution < -0.4 is 10.6 Å². The van der Waals surface area contributed by atoms with Crippen LogP contribution in [0, 0.1) is 17.1 Å². The molecule has 2 N–H and O–H groups in total. The zero-order chi connectivity index (χ0) is 23.5. The summed E-state index contributed by atoms with van der Waals surface area (Å²) in [6.07, 6.45) is 2.97. The van der Waals surface area contributed by atoms with Gasteiger partial charge in [0.05, 0.1) is 34.9 Å². The third kappa shape index (κ3) is 4.35. The fourth-order valence-corrected chi connectivity index (χ4v) is 4.48. The third-order valence-electron chi connectivity index (χ3n) is 6.34. The normalized spacial score (nSPS) is 14.3. The van der Waals surface area contributed by atoms with E-state index in [1.165, 1.54) is 12.1 Å². The van der Waals surface area contributed by atoms with Crippen molar-refractivity contribution in [3.63, 3.8) is 0 Å². The molecule has 0 radical (unpaired) electrons. The van der Waals surface area contributed by atoms with E-state index in [1.54, 1.807) is 24.3 Å². The van der Waals surface area contributed by atoms with E-state index in [9.17, 15) is 9.65 Å². The summed E-state index contributed by atoms with van der Waals surface area (Å²) >= 11 is 0. The Labute approximate surface area is 197 Å². The number of fused-ring (bicyclic) bond motifs is 1. The number of aromatic nitrogens is 4. The summed E-state index contributed by atoms with van der Waals surface area (Å²) in [5.41, 5.74) is 5.59. The van der Waals surface area contributed by atoms with E-state index in [2.05, 4.69) is 40.7 Å². The molecule has 8 heteroatoms. The lowest BCUT2D eigenvalue weighted by Gasteiger charge is -2.22. The molecule has 0 spiro atoms. The van der Waals surface area contributed by atoms with E-state index in [0.29, 0.717) is 35.1 Å². The number of nitrogens with zero attached hydrogens (tertiary/aromatic N) is 5. The number of aryl methyl sites for hydroxylation is 1. The maximum absolute atomic E-state index is 13.4. The van der Waals surface area contributed by atoms with Crippen molar-refractivity contribution in [2.45, 2.75) is 38.6 Å². The Hall–Kier alpha value is -3.83. The Morgan fingerprint density at radius 1 is 1.09 bits per heavy atom. The van der Waals surface area contributed by atoms with Gasteiger partial charge in [0.2, 0.25) is 0 Å². The molecule has 0 bridgehead atoms. The van der Waals surface area contributed by atoms with Crippen LogP contribution in [0.1, 0.15) is 48.3 Å². The molecule has 5 rings (SSSR count). The van der Waals surface area contributed by atoms with Gasteiger partial charge in [-0.1, -0.05) is 6.92 Å². The third-order valence-corrected chi connectivity index (χ3v) is 6.34. The lowest BCUT2D eigenvalue weighted by atomic mass is 9.94. The molecule has 1 aliphatic rings. The maximum Gasteiger partial charge on any atom is 0.154 e. The number of halogens is 1. The molecule has 1 aliphatic heterocycles. The smallest absolute Gasteiger partial charge is 0.154 e. The molecule has 0 unspecified atom stereocenters. The van der Waals surface area contributed by atoms with Gasteiger partial charge >= 0.3 is 0 Å². The topological polar surface area (TPSA) is 90.9 Å². The highest BCUT2D eigenvalue weighted by Gasteiger charge is 2.19. The van der Waals surface area contributed by atoms with E-state index in [0.717, 1.165) is 55.1 Å². The first-order valence-electron chi connectivity index (χ1n) is 11.7. The van der Waals surface area contributed by atoms with Gasteiger partial charge in [-0.3, -0.25) is 0 Å². The molecule has 1 aromatic carbocycles. The van der Waals surface area contributed by atoms with Crippen molar-refractivity contribution in [1.29, 1.82) is 5.26 Å². The summed E-state index contributed by atoms with van der Waals surface area (Å²) in [7, 11) is 0. The Bertz CT molecular complexity index is 1350. The monoisotopic (exact) mass is 455 g/mol. The largest absolute Gasteiger partial charge is 0.364 e. The van der Waals surface area contributed by atoms with Crippen molar-refractivity contribution in [1.82, 2.24) is 24.9 Å². The van der Waals surface area contributed by atoms with E-state index >= 15 is 0 Å². The molecule has 0 aliphatic carbocycles. The van der Waals surface area contributed by atoms with Crippen molar-refractivity contribution >= 4 is 11.5 Å². The molecule has 0 amide bonds. The second-order valence-electron chi connectivity index (χ2n) is 8.48. The first kappa shape index (κ1) is 22.0. The van der Waals surface area contributed by atoms with Crippen LogP contribution in [-0.2, 0) is 13.0 Å². The molecular weight excluding hydrogens is 429 g/mol. The molecule has 34 heavy (non-hydrogen) atoms. The van der Waals surface area contributed by atoms with Crippen LogP contribution in [0.4, 0.5) is 10.2 Å². The molecule has 4 heterocycles. The summed E-state index contributed by atoms with van der Waals surface area (Å²) in [6, 6.07) is 15.9. The molecule has 4 aromatic rings. The molecular formula is C26H26FN7. The molecule has 172 valence electrons. The fourth-order valence-electron chi connectivity index (χ4n) is 4.48. The van der Waals surface area contributed by atoms with Gasteiger partial charge < -0.3 is 10.6 Å². The SMILES string of the molecule is CCc1nc2ccc(C3CCNCC3)nn2c1CNc1ccc(C#N)c(-c2ccc(F)cc2)n1. The van der Waals surface area contributed by atoms with E-state index in [-0.39, 0.29) is 5.82 Å². The van der Waals surface area contributed by atoms with Crippen molar-refractivity contribution in [2.75, 3.05) is 18.4 Å². The minimum atomic E-state index is -0.326. The number of benzene rings is 1. The van der Waals surface area contributed by atoms with Crippen LogP contribution in [0.15, 0.2) is 48.5 Å². The van der Waals surface area contributed by atoms with Crippen molar-refractivity contribution < 1.29 is 4.39 Å². The molecule has 1 fully saturated rings. The van der Waals surface area contributed by atoms with Crippen LogP contribution in [0.3, 0.4) is 0 Å². The summed E-state index contributed by atoms with van der Waals surface area (Å²) in [4.78, 5) is 9.44. The van der Waals surface area contributed by atoms with Gasteiger partial charge in [-0.2, -0.15) is 10.4 Å². The van der Waals surface area contributed by atoms with Gasteiger partial charge in [-0.05, 0) is 80.9 Å². The van der Waals surface area contributed by atoms with Crippen LogP contribution in [-0.4, -0.2) is 32.7 Å². The second kappa shape index (κ2) is 9.57. The number of hydrogen-bond acceptors (Lipinski definition) is 6. The summed E-state index contributed by atoms with van der Waals surface area (Å²) in [5, 5.41) is 21.3. The zero-order valence-corrected chi connectivity index (χ0v) is 19.1. The van der Waals surface area contributed by atoms with Crippen molar-refractivity contribution in [3.05, 3.63) is 77.0 Å². The molecule has 1 saturated heterocycles. The van der Waals surface area contributed by atoms with Crippen molar-refractivity contribution in [3.8, 4) is 17.3 Å². The predicted molar refractivity (Wildman–Crippen MR) is 129 cm³/mol. The fraction of sp³-hybridized carbons (Fsp3) is 0.308. The van der Waals surface area contributed by atoms with Gasteiger partial charge in [0.15, 0.2) is 5.65 Å². The highest BCUT2D eigenvalue weighted by atomic mass is 19.1. The maximum atomic E-state index is 13.4. The number of piperidine rings is 1. The standard InChI is InChI=1S/C26H26FN7/c1-2-21-23(34-25(31-21)10-8-22(33-34)17-11-13-29-14-12-17)16-30-24-9-5-19(15-28)26(32-24)18-3-6-20(27)7-4-18/h3-10,17,29H,2,11-14,16H2,1H3,(H,30,32). The van der Waals surface area contributed by atoms with Gasteiger partial charge in [0.25, 0.3) is 0 Å². The minimum absolute atomic E-state index is 0.326. The van der Waals surface area contributed by atoms with Gasteiger partial charge in [0, 0.05) is 11.5 Å². The van der Waals surface area contributed by atoms with Crippen LogP contribution in [0.25, 0.3) is 16.9 Å². The average Bonchev–Trinajstić information content (AvgIpc) is 3.25. The Kier molecular flexibility index (Phi) is 6.19. The van der Waals surface area contributed by atoms with Gasteiger partial charge in [-0.25, -0.2) is 18.9 Å². The summed E-state index contributed by atoms with van der Waals surface area (Å²) in [6.45, 7) is 4.62.